The Morgan fingerprint density at radius 1 is 0.750 bits per heavy atom. The van der Waals surface area contributed by atoms with Crippen LogP contribution in [-0.2, 0) is 46.5 Å². The third-order valence-corrected chi connectivity index (χ3v) is 6.35. The third-order valence-electron chi connectivity index (χ3n) is 6.35. The van der Waals surface area contributed by atoms with Crippen molar-refractivity contribution >= 4 is 23.9 Å². The number of rotatable bonds is 9. The van der Waals surface area contributed by atoms with Crippen LogP contribution in [0.15, 0.2) is 18.2 Å². The maximum atomic E-state index is 13.4. The van der Waals surface area contributed by atoms with Crippen LogP contribution in [-0.4, -0.2) is 111 Å². The van der Waals surface area contributed by atoms with Gasteiger partial charge in [-0.05, 0) is 80.9 Å². The van der Waals surface area contributed by atoms with Crippen LogP contribution in [0, 0.1) is 0 Å². The highest BCUT2D eigenvalue weighted by Crippen LogP contribution is 2.19. The van der Waals surface area contributed by atoms with Crippen LogP contribution in [0.3, 0.4) is 0 Å². The van der Waals surface area contributed by atoms with Crippen molar-refractivity contribution in [3.63, 3.8) is 0 Å². The lowest BCUT2D eigenvalue weighted by Gasteiger charge is -2.35. The SMILES string of the molecule is CC(C)(C)OC(=O)CN1CCN(CC(=O)OC(C)(C)C)Cc2cccc(n2)CN(C(CCC(=O)O)C(=O)OC(C)(C)C)CC1. The minimum absolute atomic E-state index is 0.00115. The molecule has 2 heterocycles. The number of aromatic nitrogens is 1. The first-order chi connectivity index (χ1) is 20.2. The Balaban J connectivity index is 2.46. The molecule has 0 aliphatic carbocycles. The van der Waals surface area contributed by atoms with E-state index in [0.717, 1.165) is 5.69 Å². The van der Waals surface area contributed by atoms with Crippen molar-refractivity contribution in [2.24, 2.45) is 0 Å². The predicted octanol–water partition coefficient (Wildman–Crippen LogP) is 3.26. The predicted molar refractivity (Wildman–Crippen MR) is 165 cm³/mol. The first kappa shape index (κ1) is 37.1. The second-order valence-electron chi connectivity index (χ2n) is 14.2. The number of carboxylic acids is 1. The Morgan fingerprint density at radius 2 is 1.23 bits per heavy atom. The number of fused-ring (bicyclic) bond motifs is 2. The molecule has 0 spiro atoms. The molecule has 1 aromatic heterocycles. The highest BCUT2D eigenvalue weighted by Gasteiger charge is 2.32. The maximum absolute atomic E-state index is 13.4. The summed E-state index contributed by atoms with van der Waals surface area (Å²) in [5, 5.41) is 9.44. The summed E-state index contributed by atoms with van der Waals surface area (Å²) in [5.74, 6) is -2.27. The van der Waals surface area contributed by atoms with Crippen molar-refractivity contribution < 1.29 is 38.5 Å². The lowest BCUT2D eigenvalue weighted by molar-refractivity contribution is -0.163. The van der Waals surface area contributed by atoms with Crippen molar-refractivity contribution in [3.8, 4) is 0 Å². The van der Waals surface area contributed by atoms with E-state index in [0.29, 0.717) is 38.4 Å². The fourth-order valence-electron chi connectivity index (χ4n) is 4.72. The lowest BCUT2D eigenvalue weighted by atomic mass is 10.1. The monoisotopic (exact) mass is 620 g/mol. The summed E-state index contributed by atoms with van der Waals surface area (Å²) in [6, 6.07) is 4.76. The number of carbonyl (C=O) groups excluding carboxylic acids is 3. The van der Waals surface area contributed by atoms with Gasteiger partial charge in [-0.25, -0.2) is 0 Å². The average Bonchev–Trinajstić information content (AvgIpc) is 2.81. The number of pyridine rings is 1. The van der Waals surface area contributed by atoms with Gasteiger partial charge in [0.25, 0.3) is 0 Å². The summed E-state index contributed by atoms with van der Waals surface area (Å²) in [5.41, 5.74) is -0.638. The van der Waals surface area contributed by atoms with E-state index in [4.69, 9.17) is 19.2 Å². The Morgan fingerprint density at radius 3 is 1.75 bits per heavy atom. The van der Waals surface area contributed by atoms with Gasteiger partial charge in [0.05, 0.1) is 24.5 Å². The first-order valence-corrected chi connectivity index (χ1v) is 15.2. The number of carbonyl (C=O) groups is 4. The molecule has 1 N–H and O–H groups in total. The Kier molecular flexibility index (Phi) is 13.3. The number of nitrogens with zero attached hydrogens (tertiary/aromatic N) is 4. The van der Waals surface area contributed by atoms with Crippen molar-refractivity contribution in [1.82, 2.24) is 19.7 Å². The highest BCUT2D eigenvalue weighted by atomic mass is 16.6. The molecule has 0 radical (unpaired) electrons. The zero-order valence-electron chi connectivity index (χ0n) is 28.0. The van der Waals surface area contributed by atoms with E-state index in [2.05, 4.69) is 0 Å². The van der Waals surface area contributed by atoms with Gasteiger partial charge in [-0.1, -0.05) is 6.07 Å². The van der Waals surface area contributed by atoms with Gasteiger partial charge in [0.15, 0.2) is 0 Å². The number of hydrogen-bond donors (Lipinski definition) is 1. The standard InChI is InChI=1S/C32H52N4O8/c1-30(2,3)42-27(39)21-34-15-16-35(22-28(40)43-31(4,5)6)19-23-11-10-12-24(33-23)20-36(18-17-34)25(13-14-26(37)38)29(41)44-32(7,8)9/h10-12,25H,13-22H2,1-9H3,(H,37,38). The zero-order valence-corrected chi connectivity index (χ0v) is 28.0. The summed E-state index contributed by atoms with van der Waals surface area (Å²) < 4.78 is 16.9. The molecule has 1 atom stereocenters. The van der Waals surface area contributed by atoms with Crippen LogP contribution in [0.1, 0.15) is 86.5 Å². The van der Waals surface area contributed by atoms with E-state index in [-0.39, 0.29) is 38.4 Å². The molecule has 2 bridgehead atoms. The number of esters is 3. The number of ether oxygens (including phenoxy) is 3. The molecule has 12 heteroatoms. The molecule has 1 aliphatic rings. The van der Waals surface area contributed by atoms with Gasteiger partial charge in [0, 0.05) is 45.7 Å². The molecular weight excluding hydrogens is 568 g/mol. The van der Waals surface area contributed by atoms with Crippen LogP contribution in [0.2, 0.25) is 0 Å². The summed E-state index contributed by atoms with van der Waals surface area (Å²) in [7, 11) is 0. The molecular formula is C32H52N4O8. The normalized spacial score (nSPS) is 17.1. The number of aliphatic carboxylic acids is 1. The molecule has 0 aromatic carbocycles. The third kappa shape index (κ3) is 15.1. The van der Waals surface area contributed by atoms with Crippen LogP contribution in [0.4, 0.5) is 0 Å². The van der Waals surface area contributed by atoms with Gasteiger partial charge in [0.1, 0.15) is 22.8 Å². The highest BCUT2D eigenvalue weighted by molar-refractivity contribution is 5.77. The maximum Gasteiger partial charge on any atom is 0.323 e. The van der Waals surface area contributed by atoms with Gasteiger partial charge in [-0.3, -0.25) is 38.9 Å². The topological polar surface area (TPSA) is 139 Å². The Bertz CT molecular complexity index is 1140. The van der Waals surface area contributed by atoms with Crippen LogP contribution in [0.5, 0.6) is 0 Å². The minimum atomic E-state index is -1.01. The quantitative estimate of drug-likeness (QED) is 0.320. The zero-order chi connectivity index (χ0) is 33.3. The van der Waals surface area contributed by atoms with Gasteiger partial charge >= 0.3 is 23.9 Å². The number of hydrogen-bond acceptors (Lipinski definition) is 11. The smallest absolute Gasteiger partial charge is 0.323 e. The van der Waals surface area contributed by atoms with Crippen molar-refractivity contribution in [2.45, 2.75) is 111 Å². The molecule has 2 rings (SSSR count). The van der Waals surface area contributed by atoms with E-state index in [1.165, 1.54) is 0 Å². The molecule has 248 valence electrons. The molecule has 0 amide bonds. The molecule has 0 fully saturated rings. The second-order valence-corrected chi connectivity index (χ2v) is 14.2. The molecule has 1 aliphatic heterocycles. The second kappa shape index (κ2) is 15.8. The summed E-state index contributed by atoms with van der Waals surface area (Å²) >= 11 is 0. The van der Waals surface area contributed by atoms with E-state index in [1.54, 1.807) is 41.5 Å². The van der Waals surface area contributed by atoms with Crippen molar-refractivity contribution in [2.75, 3.05) is 39.3 Å². The van der Waals surface area contributed by atoms with Gasteiger partial charge in [-0.15, -0.1) is 0 Å². The van der Waals surface area contributed by atoms with Crippen molar-refractivity contribution in [3.05, 3.63) is 29.6 Å². The lowest BCUT2D eigenvalue weighted by Crippen LogP contribution is -2.49. The summed E-state index contributed by atoms with van der Waals surface area (Å²) in [4.78, 5) is 61.2. The van der Waals surface area contributed by atoms with Crippen molar-refractivity contribution in [1.29, 1.82) is 0 Å². The van der Waals surface area contributed by atoms with Gasteiger partial charge < -0.3 is 19.3 Å². The fourth-order valence-corrected chi connectivity index (χ4v) is 4.72. The van der Waals surface area contributed by atoms with Crippen LogP contribution >= 0.6 is 0 Å². The van der Waals surface area contributed by atoms with Gasteiger partial charge in [0.2, 0.25) is 0 Å². The van der Waals surface area contributed by atoms with Crippen LogP contribution < -0.4 is 0 Å². The van der Waals surface area contributed by atoms with Gasteiger partial charge in [-0.2, -0.15) is 0 Å². The molecule has 12 nitrogen and oxygen atoms in total. The summed E-state index contributed by atoms with van der Waals surface area (Å²) in [6.07, 6.45) is -0.158. The number of carboxylic acid groups (broad SMARTS) is 1. The molecule has 44 heavy (non-hydrogen) atoms. The molecule has 1 aromatic rings. The molecule has 0 saturated carbocycles. The Labute approximate surface area is 262 Å². The van der Waals surface area contributed by atoms with E-state index in [9.17, 15) is 24.3 Å². The molecule has 0 saturated heterocycles. The summed E-state index contributed by atoms with van der Waals surface area (Å²) in [6.45, 7) is 18.4. The molecule has 1 unspecified atom stereocenters. The Hall–Kier alpha value is -3.09. The van der Waals surface area contributed by atoms with E-state index in [1.807, 2.05) is 53.7 Å². The minimum Gasteiger partial charge on any atom is -0.481 e. The van der Waals surface area contributed by atoms with E-state index < -0.39 is 40.8 Å². The average molecular weight is 621 g/mol. The van der Waals surface area contributed by atoms with Crippen LogP contribution in [0.25, 0.3) is 0 Å². The van der Waals surface area contributed by atoms with E-state index >= 15 is 0 Å². The first-order valence-electron chi connectivity index (χ1n) is 15.2. The fraction of sp³-hybridized carbons (Fsp3) is 0.719. The largest absolute Gasteiger partial charge is 0.481 e.